The minimum absolute atomic E-state index is 0.198. The fourth-order valence-corrected chi connectivity index (χ4v) is 6.32. The van der Waals surface area contributed by atoms with Crippen molar-refractivity contribution >= 4 is 11.8 Å². The van der Waals surface area contributed by atoms with Gasteiger partial charge in [0.15, 0.2) is 0 Å². The summed E-state index contributed by atoms with van der Waals surface area (Å²) in [5, 5.41) is 6.41. The number of carbonyl (C=O) groups excluding carboxylic acids is 2. The first kappa shape index (κ1) is 44.7. The molecular formula is C42H82N2O2. The van der Waals surface area contributed by atoms with Crippen LogP contribution >= 0.6 is 0 Å². The van der Waals surface area contributed by atoms with Crippen LogP contribution in [0.4, 0.5) is 0 Å². The van der Waals surface area contributed by atoms with Crippen molar-refractivity contribution in [3.8, 4) is 0 Å². The van der Waals surface area contributed by atoms with Crippen LogP contribution in [0.3, 0.4) is 0 Å². The van der Waals surface area contributed by atoms with E-state index >= 15 is 0 Å². The lowest BCUT2D eigenvalue weighted by atomic mass is 9.98. The molecule has 0 bridgehead atoms. The summed E-state index contributed by atoms with van der Waals surface area (Å²) in [4.78, 5) is 24.8. The monoisotopic (exact) mass is 647 g/mol. The van der Waals surface area contributed by atoms with Crippen LogP contribution in [0.1, 0.15) is 227 Å². The highest BCUT2D eigenvalue weighted by Gasteiger charge is 2.15. The third-order valence-electron chi connectivity index (χ3n) is 9.59. The number of allylic oxidation sites excluding steroid dienone is 2. The number of hydrogen-bond acceptors (Lipinski definition) is 2. The van der Waals surface area contributed by atoms with Crippen molar-refractivity contribution in [2.24, 2.45) is 5.92 Å². The average molecular weight is 647 g/mol. The number of hydrogen-bond donors (Lipinski definition) is 2. The van der Waals surface area contributed by atoms with Gasteiger partial charge < -0.3 is 10.6 Å². The van der Waals surface area contributed by atoms with Crippen molar-refractivity contribution in [1.82, 2.24) is 10.6 Å². The minimum atomic E-state index is 0.198. The van der Waals surface area contributed by atoms with Gasteiger partial charge in [-0.05, 0) is 63.7 Å². The van der Waals surface area contributed by atoms with E-state index in [0.29, 0.717) is 18.8 Å². The summed E-state index contributed by atoms with van der Waals surface area (Å²) in [6.07, 6.45) is 43.0. The molecule has 0 spiro atoms. The van der Waals surface area contributed by atoms with Gasteiger partial charge in [0, 0.05) is 25.4 Å². The molecule has 1 atom stereocenters. The Hall–Kier alpha value is -1.32. The fraction of sp³-hybridized carbons (Fsp3) is 0.905. The first-order valence-corrected chi connectivity index (χ1v) is 20.7. The molecule has 0 aromatic heterocycles. The Bertz CT molecular complexity index is 675. The van der Waals surface area contributed by atoms with Crippen LogP contribution < -0.4 is 10.6 Å². The molecule has 0 unspecified atom stereocenters. The summed E-state index contributed by atoms with van der Waals surface area (Å²) < 4.78 is 0. The van der Waals surface area contributed by atoms with Crippen LogP contribution in [0.2, 0.25) is 0 Å². The number of rotatable bonds is 36. The van der Waals surface area contributed by atoms with Crippen LogP contribution in [-0.4, -0.2) is 24.4 Å². The van der Waals surface area contributed by atoms with E-state index in [4.69, 9.17) is 0 Å². The minimum Gasteiger partial charge on any atom is -0.356 e. The molecule has 4 heteroatoms. The molecule has 0 aliphatic heterocycles. The third kappa shape index (κ3) is 34.0. The summed E-state index contributed by atoms with van der Waals surface area (Å²) in [5.41, 5.74) is 0. The highest BCUT2D eigenvalue weighted by Crippen LogP contribution is 2.15. The molecular weight excluding hydrogens is 564 g/mol. The van der Waals surface area contributed by atoms with Crippen molar-refractivity contribution in [2.45, 2.75) is 233 Å². The highest BCUT2D eigenvalue weighted by atomic mass is 16.2. The normalized spacial score (nSPS) is 12.3. The zero-order valence-electron chi connectivity index (χ0n) is 31.8. The van der Waals surface area contributed by atoms with Gasteiger partial charge in [-0.3, -0.25) is 9.59 Å². The van der Waals surface area contributed by atoms with Crippen molar-refractivity contribution in [2.75, 3.05) is 6.54 Å². The van der Waals surface area contributed by atoms with Crippen molar-refractivity contribution in [3.05, 3.63) is 12.2 Å². The van der Waals surface area contributed by atoms with Crippen molar-refractivity contribution in [3.63, 3.8) is 0 Å². The molecule has 0 aromatic carbocycles. The highest BCUT2D eigenvalue weighted by molar-refractivity contribution is 5.76. The Morgan fingerprint density at radius 3 is 1.30 bits per heavy atom. The van der Waals surface area contributed by atoms with E-state index < -0.39 is 0 Å². The second-order valence-corrected chi connectivity index (χ2v) is 14.6. The molecule has 0 heterocycles. The zero-order valence-corrected chi connectivity index (χ0v) is 31.8. The number of carbonyl (C=O) groups is 2. The van der Waals surface area contributed by atoms with E-state index in [2.05, 4.69) is 50.5 Å². The van der Waals surface area contributed by atoms with Gasteiger partial charge in [0.2, 0.25) is 11.8 Å². The summed E-state index contributed by atoms with van der Waals surface area (Å²) in [7, 11) is 0. The Morgan fingerprint density at radius 1 is 0.478 bits per heavy atom. The van der Waals surface area contributed by atoms with Crippen molar-refractivity contribution < 1.29 is 9.59 Å². The molecule has 0 aliphatic carbocycles. The van der Waals surface area contributed by atoms with Gasteiger partial charge in [-0.1, -0.05) is 168 Å². The van der Waals surface area contributed by atoms with E-state index in [1.807, 2.05) is 0 Å². The largest absolute Gasteiger partial charge is 0.356 e. The number of amides is 2. The molecule has 0 saturated heterocycles. The standard InChI is InChI=1S/C42H82N2O2/c1-5-7-9-11-13-15-17-19-20-22-23-25-27-29-31-36-41(45)43-38-34-33-35-40(39(3)4)44-42(46)37-32-30-28-26-24-21-18-16-14-12-10-8-6-2/h19-20,39-40H,5-18,21-38H2,1-4H3,(H,43,45)(H,44,46)/b20-19-/t40-/m0/s1. The fourth-order valence-electron chi connectivity index (χ4n) is 6.32. The van der Waals surface area contributed by atoms with Gasteiger partial charge in [0.1, 0.15) is 0 Å². The van der Waals surface area contributed by atoms with Gasteiger partial charge in [0.25, 0.3) is 0 Å². The first-order valence-electron chi connectivity index (χ1n) is 20.7. The van der Waals surface area contributed by atoms with Crippen LogP contribution in [0.5, 0.6) is 0 Å². The molecule has 46 heavy (non-hydrogen) atoms. The maximum atomic E-state index is 12.5. The van der Waals surface area contributed by atoms with Crippen LogP contribution in [0, 0.1) is 5.92 Å². The Balaban J connectivity index is 3.61. The zero-order chi connectivity index (χ0) is 33.8. The summed E-state index contributed by atoms with van der Waals surface area (Å²) in [6.45, 7) is 9.71. The quantitative estimate of drug-likeness (QED) is 0.0525. The van der Waals surface area contributed by atoms with Crippen molar-refractivity contribution in [1.29, 1.82) is 0 Å². The SMILES string of the molecule is CCCCCCCC/C=C\CCCCCCCC(=O)NCCCC[C@H](NC(=O)CCCCCCCCCCCCCCC)C(C)C. The topological polar surface area (TPSA) is 58.2 Å². The molecule has 4 nitrogen and oxygen atoms in total. The van der Waals surface area contributed by atoms with Gasteiger partial charge >= 0.3 is 0 Å². The lowest BCUT2D eigenvalue weighted by molar-refractivity contribution is -0.122. The molecule has 2 N–H and O–H groups in total. The smallest absolute Gasteiger partial charge is 0.220 e. The lowest BCUT2D eigenvalue weighted by Crippen LogP contribution is -2.38. The molecule has 0 aromatic rings. The van der Waals surface area contributed by atoms with Gasteiger partial charge in [-0.2, -0.15) is 0 Å². The second-order valence-electron chi connectivity index (χ2n) is 14.6. The van der Waals surface area contributed by atoms with Crippen LogP contribution in [0.15, 0.2) is 12.2 Å². The van der Waals surface area contributed by atoms with E-state index in [1.54, 1.807) is 0 Å². The van der Waals surface area contributed by atoms with Gasteiger partial charge in [-0.15, -0.1) is 0 Å². The lowest BCUT2D eigenvalue weighted by Gasteiger charge is -2.22. The maximum Gasteiger partial charge on any atom is 0.220 e. The third-order valence-corrected chi connectivity index (χ3v) is 9.59. The first-order chi connectivity index (χ1) is 22.5. The molecule has 0 aliphatic rings. The van der Waals surface area contributed by atoms with E-state index in [-0.39, 0.29) is 17.9 Å². The van der Waals surface area contributed by atoms with Crippen LogP contribution in [-0.2, 0) is 9.59 Å². The summed E-state index contributed by atoms with van der Waals surface area (Å²) in [6, 6.07) is 0.237. The molecule has 272 valence electrons. The molecule has 2 amide bonds. The van der Waals surface area contributed by atoms with E-state index in [1.165, 1.54) is 148 Å². The molecule has 0 radical (unpaired) electrons. The Labute approximate surface area is 288 Å². The molecule has 0 fully saturated rings. The Kier molecular flexibility index (Phi) is 35.5. The van der Waals surface area contributed by atoms with E-state index in [0.717, 1.165) is 45.1 Å². The predicted molar refractivity (Wildman–Crippen MR) is 203 cm³/mol. The van der Waals surface area contributed by atoms with Gasteiger partial charge in [0.05, 0.1) is 0 Å². The maximum absolute atomic E-state index is 12.5. The summed E-state index contributed by atoms with van der Waals surface area (Å²) >= 11 is 0. The van der Waals surface area contributed by atoms with E-state index in [9.17, 15) is 9.59 Å². The Morgan fingerprint density at radius 2 is 0.870 bits per heavy atom. The molecule has 0 saturated carbocycles. The average Bonchev–Trinajstić information content (AvgIpc) is 3.04. The second kappa shape index (κ2) is 36.5. The number of nitrogens with one attached hydrogen (secondary N) is 2. The van der Waals surface area contributed by atoms with Crippen LogP contribution in [0.25, 0.3) is 0 Å². The summed E-state index contributed by atoms with van der Waals surface area (Å²) in [5.74, 6) is 0.852. The number of unbranched alkanes of at least 4 members (excludes halogenated alkanes) is 24. The molecule has 0 rings (SSSR count). The van der Waals surface area contributed by atoms with Gasteiger partial charge in [-0.25, -0.2) is 0 Å². The predicted octanol–water partition coefficient (Wildman–Crippen LogP) is 12.9.